The molecule has 74 valence electrons. The van der Waals surface area contributed by atoms with Crippen molar-refractivity contribution in [2.45, 2.75) is 6.42 Å². The van der Waals surface area contributed by atoms with E-state index in [1.807, 2.05) is 24.5 Å². The zero-order chi connectivity index (χ0) is 9.97. The largest absolute Gasteiger partial charge is 0.454 e. The van der Waals surface area contributed by atoms with Crippen molar-refractivity contribution in [1.82, 2.24) is 0 Å². The fourth-order valence-corrected chi connectivity index (χ4v) is 1.77. The van der Waals surface area contributed by atoms with Gasteiger partial charge in [-0.2, -0.15) is 0 Å². The Morgan fingerprint density at radius 2 is 2.21 bits per heavy atom. The van der Waals surface area contributed by atoms with Crippen LogP contribution in [0, 0.1) is 0 Å². The van der Waals surface area contributed by atoms with Crippen LogP contribution in [0.5, 0.6) is 11.5 Å². The normalized spacial score (nSPS) is 12.9. The zero-order valence-corrected chi connectivity index (χ0v) is 9.41. The summed E-state index contributed by atoms with van der Waals surface area (Å²) in [4.78, 5) is 0. The maximum Gasteiger partial charge on any atom is 0.231 e. The molecule has 1 aliphatic rings. The molecule has 0 saturated carbocycles. The third-order valence-electron chi connectivity index (χ3n) is 2.01. The number of thiocarbonyl (C=S) groups is 1. The van der Waals surface area contributed by atoms with Gasteiger partial charge in [-0.3, -0.25) is 0 Å². The fraction of sp³-hybridized carbons (Fsp3) is 0.300. The number of ether oxygens (including phenoxy) is 2. The van der Waals surface area contributed by atoms with Crippen molar-refractivity contribution in [3.8, 4) is 11.5 Å². The monoisotopic (exact) mass is 226 g/mol. The van der Waals surface area contributed by atoms with E-state index in [1.54, 1.807) is 11.8 Å². The molecule has 0 amide bonds. The van der Waals surface area contributed by atoms with Crippen molar-refractivity contribution in [3.05, 3.63) is 23.8 Å². The molecule has 14 heavy (non-hydrogen) atoms. The number of hydrogen-bond donors (Lipinski definition) is 0. The van der Waals surface area contributed by atoms with Crippen LogP contribution in [0.25, 0.3) is 0 Å². The molecule has 0 saturated heterocycles. The highest BCUT2D eigenvalue weighted by atomic mass is 32.2. The highest BCUT2D eigenvalue weighted by molar-refractivity contribution is 8.22. The van der Waals surface area contributed by atoms with E-state index in [2.05, 4.69) is 0 Å². The summed E-state index contributed by atoms with van der Waals surface area (Å²) in [6, 6.07) is 5.95. The minimum Gasteiger partial charge on any atom is -0.454 e. The van der Waals surface area contributed by atoms with Crippen LogP contribution in [0.3, 0.4) is 0 Å². The van der Waals surface area contributed by atoms with Gasteiger partial charge in [-0.1, -0.05) is 18.3 Å². The van der Waals surface area contributed by atoms with Gasteiger partial charge in [0.15, 0.2) is 11.5 Å². The van der Waals surface area contributed by atoms with Crippen molar-refractivity contribution in [1.29, 1.82) is 0 Å². The zero-order valence-electron chi connectivity index (χ0n) is 7.78. The molecule has 0 spiro atoms. The Hall–Kier alpha value is -0.740. The van der Waals surface area contributed by atoms with Crippen molar-refractivity contribution in [2.24, 2.45) is 0 Å². The molecule has 1 aromatic carbocycles. The molecule has 0 aliphatic carbocycles. The Morgan fingerprint density at radius 1 is 1.43 bits per heavy atom. The van der Waals surface area contributed by atoms with Crippen molar-refractivity contribution >= 4 is 28.2 Å². The summed E-state index contributed by atoms with van der Waals surface area (Å²) in [5.74, 6) is 1.65. The Morgan fingerprint density at radius 3 is 3.00 bits per heavy atom. The summed E-state index contributed by atoms with van der Waals surface area (Å²) >= 11 is 6.77. The number of fused-ring (bicyclic) bond motifs is 1. The highest BCUT2D eigenvalue weighted by Gasteiger charge is 2.13. The second-order valence-electron chi connectivity index (χ2n) is 2.94. The molecule has 0 radical (unpaired) electrons. The van der Waals surface area contributed by atoms with E-state index in [-0.39, 0.29) is 0 Å². The van der Waals surface area contributed by atoms with Gasteiger partial charge in [-0.15, -0.1) is 11.8 Å². The number of hydrogen-bond acceptors (Lipinski definition) is 4. The average molecular weight is 226 g/mol. The summed E-state index contributed by atoms with van der Waals surface area (Å²) < 4.78 is 11.5. The lowest BCUT2D eigenvalue weighted by Gasteiger charge is -2.02. The third kappa shape index (κ3) is 2.01. The molecule has 0 unspecified atom stereocenters. The first-order valence-corrected chi connectivity index (χ1v) is 5.88. The third-order valence-corrected chi connectivity index (χ3v) is 3.26. The average Bonchev–Trinajstić information content (AvgIpc) is 2.64. The van der Waals surface area contributed by atoms with E-state index < -0.39 is 0 Å². The molecule has 0 bridgehead atoms. The maximum absolute atomic E-state index is 5.28. The second kappa shape index (κ2) is 4.19. The van der Waals surface area contributed by atoms with Gasteiger partial charge in [0.1, 0.15) is 0 Å². The van der Waals surface area contributed by atoms with Gasteiger partial charge in [0.2, 0.25) is 6.79 Å². The number of thioether (sulfide) groups is 1. The van der Waals surface area contributed by atoms with E-state index >= 15 is 0 Å². The Bertz CT molecular complexity index is 363. The minimum atomic E-state index is 0.325. The first kappa shape index (κ1) is 9.80. The molecular formula is C10H10O2S2. The maximum atomic E-state index is 5.28. The molecule has 4 heteroatoms. The second-order valence-corrected chi connectivity index (χ2v) is 4.59. The number of benzene rings is 1. The van der Waals surface area contributed by atoms with E-state index in [0.717, 1.165) is 22.1 Å². The summed E-state index contributed by atoms with van der Waals surface area (Å²) in [6.07, 6.45) is 2.81. The Labute approximate surface area is 92.6 Å². The predicted octanol–water partition coefficient (Wildman–Crippen LogP) is 2.65. The Balaban J connectivity index is 2.16. The molecule has 0 atom stereocenters. The van der Waals surface area contributed by atoms with Crippen LogP contribution < -0.4 is 9.47 Å². The SMILES string of the molecule is CSC(=S)Cc1ccc2c(c1)OCO2. The van der Waals surface area contributed by atoms with Crippen molar-refractivity contribution in [3.63, 3.8) is 0 Å². The molecule has 1 aromatic rings. The lowest BCUT2D eigenvalue weighted by molar-refractivity contribution is 0.174. The predicted molar refractivity (Wildman–Crippen MR) is 62.4 cm³/mol. The van der Waals surface area contributed by atoms with Gasteiger partial charge in [-0.05, 0) is 24.0 Å². The van der Waals surface area contributed by atoms with Crippen LogP contribution in [0.15, 0.2) is 18.2 Å². The van der Waals surface area contributed by atoms with Crippen LogP contribution in [0.2, 0.25) is 0 Å². The molecular weight excluding hydrogens is 216 g/mol. The van der Waals surface area contributed by atoms with Crippen LogP contribution in [-0.4, -0.2) is 17.2 Å². The summed E-state index contributed by atoms with van der Waals surface area (Å²) in [5.41, 5.74) is 1.17. The summed E-state index contributed by atoms with van der Waals surface area (Å²) in [6.45, 7) is 0.325. The minimum absolute atomic E-state index is 0.325. The van der Waals surface area contributed by atoms with Gasteiger partial charge >= 0.3 is 0 Å². The molecule has 0 aromatic heterocycles. The van der Waals surface area contributed by atoms with Crippen molar-refractivity contribution < 1.29 is 9.47 Å². The lowest BCUT2D eigenvalue weighted by Crippen LogP contribution is -1.94. The topological polar surface area (TPSA) is 18.5 Å². The first-order valence-electron chi connectivity index (χ1n) is 4.25. The van der Waals surface area contributed by atoms with Crippen LogP contribution in [0.4, 0.5) is 0 Å². The summed E-state index contributed by atoms with van der Waals surface area (Å²) in [7, 11) is 0. The van der Waals surface area contributed by atoms with Crippen LogP contribution in [-0.2, 0) is 6.42 Å². The molecule has 1 aliphatic heterocycles. The van der Waals surface area contributed by atoms with E-state index in [9.17, 15) is 0 Å². The molecule has 2 rings (SSSR count). The lowest BCUT2D eigenvalue weighted by atomic mass is 10.1. The fourth-order valence-electron chi connectivity index (χ4n) is 1.29. The quantitative estimate of drug-likeness (QED) is 0.721. The summed E-state index contributed by atoms with van der Waals surface area (Å²) in [5, 5.41) is 0. The van der Waals surface area contributed by atoms with Crippen LogP contribution >= 0.6 is 24.0 Å². The van der Waals surface area contributed by atoms with Gasteiger partial charge in [0.25, 0.3) is 0 Å². The standard InChI is InChI=1S/C10H10O2S2/c1-14-10(13)5-7-2-3-8-9(4-7)12-6-11-8/h2-4H,5-6H2,1H3. The smallest absolute Gasteiger partial charge is 0.231 e. The molecule has 0 fully saturated rings. The van der Waals surface area contributed by atoms with E-state index in [0.29, 0.717) is 6.79 Å². The van der Waals surface area contributed by atoms with Gasteiger partial charge in [-0.25, -0.2) is 0 Å². The molecule has 1 heterocycles. The first-order chi connectivity index (χ1) is 6.79. The van der Waals surface area contributed by atoms with E-state index in [4.69, 9.17) is 21.7 Å². The Kier molecular flexibility index (Phi) is 2.93. The van der Waals surface area contributed by atoms with Gasteiger partial charge in [0, 0.05) is 6.42 Å². The number of rotatable bonds is 2. The van der Waals surface area contributed by atoms with Crippen molar-refractivity contribution in [2.75, 3.05) is 13.0 Å². The van der Waals surface area contributed by atoms with E-state index in [1.165, 1.54) is 5.56 Å². The highest BCUT2D eigenvalue weighted by Crippen LogP contribution is 2.32. The van der Waals surface area contributed by atoms with Crippen LogP contribution in [0.1, 0.15) is 5.56 Å². The van der Waals surface area contributed by atoms with Gasteiger partial charge in [0.05, 0.1) is 4.20 Å². The molecule has 0 N–H and O–H groups in total. The van der Waals surface area contributed by atoms with Gasteiger partial charge < -0.3 is 9.47 Å². The molecule has 2 nitrogen and oxygen atoms in total.